The number of hydrogen-bond acceptors (Lipinski definition) is 7. The maximum Gasteiger partial charge on any atom is 0.417 e. The average molecular weight is 457 g/mol. The molecule has 2 aliphatic heterocycles. The van der Waals surface area contributed by atoms with Gasteiger partial charge in [-0.1, -0.05) is 12.1 Å². The number of ether oxygens (including phenoxy) is 1. The van der Waals surface area contributed by atoms with E-state index in [1.807, 2.05) is 9.80 Å². The summed E-state index contributed by atoms with van der Waals surface area (Å²) in [7, 11) is -4.27. The molecule has 0 saturated carbocycles. The van der Waals surface area contributed by atoms with Crippen molar-refractivity contribution in [1.29, 1.82) is 0 Å². The second-order valence-electron chi connectivity index (χ2n) is 7.20. The molecule has 0 aliphatic carbocycles. The van der Waals surface area contributed by atoms with Crippen molar-refractivity contribution < 1.29 is 26.3 Å². The molecule has 31 heavy (non-hydrogen) atoms. The van der Waals surface area contributed by atoms with Gasteiger partial charge in [-0.2, -0.15) is 22.5 Å². The number of morpholine rings is 1. The van der Waals surface area contributed by atoms with Crippen LogP contribution in [0.2, 0.25) is 0 Å². The first-order valence-electron chi connectivity index (χ1n) is 9.84. The molecule has 2 saturated heterocycles. The molecule has 1 aromatic carbocycles. The molecule has 3 heterocycles. The maximum atomic E-state index is 13.3. The van der Waals surface area contributed by atoms with Crippen molar-refractivity contribution in [2.75, 3.05) is 62.3 Å². The standard InChI is InChI=1S/C19H22F3N5O3S/c20-19(21,22)15-3-1-2-4-16(15)31(28,29)27-9-7-25(8-10-27)17-5-6-23-18(24-17)26-11-13-30-14-12-26/h1-6H,7-14H2. The molecule has 0 unspecified atom stereocenters. The highest BCUT2D eigenvalue weighted by atomic mass is 32.2. The molecule has 0 atom stereocenters. The van der Waals surface area contributed by atoms with Crippen molar-refractivity contribution in [3.05, 3.63) is 42.1 Å². The Bertz CT molecular complexity index is 1020. The number of alkyl halides is 3. The molecule has 168 valence electrons. The predicted molar refractivity (Wildman–Crippen MR) is 107 cm³/mol. The van der Waals surface area contributed by atoms with Gasteiger partial charge in [0.1, 0.15) is 5.82 Å². The lowest BCUT2D eigenvalue weighted by Gasteiger charge is -2.35. The highest BCUT2D eigenvalue weighted by Gasteiger charge is 2.39. The lowest BCUT2D eigenvalue weighted by Crippen LogP contribution is -2.49. The van der Waals surface area contributed by atoms with E-state index in [4.69, 9.17) is 4.74 Å². The molecule has 2 aromatic rings. The van der Waals surface area contributed by atoms with E-state index in [1.54, 1.807) is 12.3 Å². The Hall–Kier alpha value is -2.44. The molecule has 0 bridgehead atoms. The van der Waals surface area contributed by atoms with Crippen LogP contribution in [0.3, 0.4) is 0 Å². The third-order valence-corrected chi connectivity index (χ3v) is 7.25. The molecule has 2 aliphatic rings. The SMILES string of the molecule is O=S(=O)(c1ccccc1C(F)(F)F)N1CCN(c2ccnc(N3CCOCC3)n2)CC1. The smallest absolute Gasteiger partial charge is 0.378 e. The Morgan fingerprint density at radius 1 is 0.903 bits per heavy atom. The van der Waals surface area contributed by atoms with E-state index in [0.29, 0.717) is 51.2 Å². The van der Waals surface area contributed by atoms with Crippen LogP contribution in [0.1, 0.15) is 5.56 Å². The van der Waals surface area contributed by atoms with Gasteiger partial charge in [0.25, 0.3) is 0 Å². The first-order chi connectivity index (χ1) is 14.8. The summed E-state index contributed by atoms with van der Waals surface area (Å²) in [6, 6.07) is 6.02. The average Bonchev–Trinajstić information content (AvgIpc) is 2.79. The summed E-state index contributed by atoms with van der Waals surface area (Å²) in [5.41, 5.74) is -1.15. The van der Waals surface area contributed by atoms with Gasteiger partial charge >= 0.3 is 6.18 Å². The van der Waals surface area contributed by atoms with E-state index in [9.17, 15) is 21.6 Å². The van der Waals surface area contributed by atoms with Gasteiger partial charge < -0.3 is 14.5 Å². The van der Waals surface area contributed by atoms with Crippen molar-refractivity contribution in [3.63, 3.8) is 0 Å². The first kappa shape index (κ1) is 21.8. The number of anilines is 2. The fourth-order valence-corrected chi connectivity index (χ4v) is 5.29. The van der Waals surface area contributed by atoms with E-state index in [1.165, 1.54) is 12.1 Å². The van der Waals surface area contributed by atoms with Crippen molar-refractivity contribution in [2.45, 2.75) is 11.1 Å². The summed E-state index contributed by atoms with van der Waals surface area (Å²) >= 11 is 0. The van der Waals surface area contributed by atoms with Crippen molar-refractivity contribution in [1.82, 2.24) is 14.3 Å². The van der Waals surface area contributed by atoms with Gasteiger partial charge in [-0.05, 0) is 18.2 Å². The normalized spacial score (nSPS) is 18.9. The lowest BCUT2D eigenvalue weighted by molar-refractivity contribution is -0.139. The zero-order valence-electron chi connectivity index (χ0n) is 16.6. The van der Waals surface area contributed by atoms with E-state index in [-0.39, 0.29) is 13.1 Å². The Morgan fingerprint density at radius 2 is 1.58 bits per heavy atom. The van der Waals surface area contributed by atoms with Gasteiger partial charge in [-0.25, -0.2) is 13.4 Å². The second kappa shape index (κ2) is 8.60. The monoisotopic (exact) mass is 457 g/mol. The molecule has 8 nitrogen and oxygen atoms in total. The lowest BCUT2D eigenvalue weighted by atomic mass is 10.2. The van der Waals surface area contributed by atoms with E-state index in [2.05, 4.69) is 9.97 Å². The Balaban J connectivity index is 1.48. The van der Waals surface area contributed by atoms with E-state index < -0.39 is 26.7 Å². The third kappa shape index (κ3) is 4.60. The summed E-state index contributed by atoms with van der Waals surface area (Å²) in [4.78, 5) is 12.1. The summed E-state index contributed by atoms with van der Waals surface area (Å²) < 4.78 is 72.2. The van der Waals surface area contributed by atoms with Crippen LogP contribution in [-0.2, 0) is 20.9 Å². The molecule has 2 fully saturated rings. The molecule has 1 aromatic heterocycles. The molecule has 12 heteroatoms. The van der Waals surface area contributed by atoms with E-state index >= 15 is 0 Å². The third-order valence-electron chi connectivity index (χ3n) is 5.30. The maximum absolute atomic E-state index is 13.3. The summed E-state index contributed by atoms with van der Waals surface area (Å²) in [5.74, 6) is 1.24. The molecular formula is C19H22F3N5O3S. The fourth-order valence-electron chi connectivity index (χ4n) is 3.65. The number of halogens is 3. The number of aromatic nitrogens is 2. The van der Waals surface area contributed by atoms with Crippen LogP contribution in [0.15, 0.2) is 41.4 Å². The topological polar surface area (TPSA) is 78.9 Å². The second-order valence-corrected chi connectivity index (χ2v) is 9.11. The van der Waals surface area contributed by atoms with Gasteiger partial charge in [0, 0.05) is 45.5 Å². The highest BCUT2D eigenvalue weighted by Crippen LogP contribution is 2.35. The van der Waals surface area contributed by atoms with Crippen molar-refractivity contribution in [3.8, 4) is 0 Å². The Labute approximate surface area is 178 Å². The van der Waals surface area contributed by atoms with Crippen LogP contribution < -0.4 is 9.80 Å². The number of benzene rings is 1. The molecular weight excluding hydrogens is 435 g/mol. The largest absolute Gasteiger partial charge is 0.417 e. The Morgan fingerprint density at radius 3 is 2.26 bits per heavy atom. The van der Waals surface area contributed by atoms with Gasteiger partial charge in [0.15, 0.2) is 0 Å². The number of nitrogens with zero attached hydrogens (tertiary/aromatic N) is 5. The molecule has 0 N–H and O–H groups in total. The number of sulfonamides is 1. The minimum Gasteiger partial charge on any atom is -0.378 e. The van der Waals surface area contributed by atoms with Crippen LogP contribution in [-0.4, -0.2) is 75.2 Å². The first-order valence-corrected chi connectivity index (χ1v) is 11.3. The highest BCUT2D eigenvalue weighted by molar-refractivity contribution is 7.89. The van der Waals surface area contributed by atoms with Gasteiger partial charge in [0.05, 0.1) is 23.7 Å². The zero-order chi connectivity index (χ0) is 22.1. The summed E-state index contributed by atoms with van der Waals surface area (Å²) in [5, 5.41) is 0. The van der Waals surface area contributed by atoms with Crippen LogP contribution in [0, 0.1) is 0 Å². The van der Waals surface area contributed by atoms with Crippen LogP contribution >= 0.6 is 0 Å². The van der Waals surface area contributed by atoms with Crippen molar-refractivity contribution >= 4 is 21.8 Å². The minimum absolute atomic E-state index is 0.0609. The number of hydrogen-bond donors (Lipinski definition) is 0. The van der Waals surface area contributed by atoms with Crippen LogP contribution in [0.4, 0.5) is 24.9 Å². The Kier molecular flexibility index (Phi) is 6.04. The zero-order valence-corrected chi connectivity index (χ0v) is 17.4. The quantitative estimate of drug-likeness (QED) is 0.693. The molecule has 0 radical (unpaired) electrons. The summed E-state index contributed by atoms with van der Waals surface area (Å²) in [6.45, 7) is 3.33. The summed E-state index contributed by atoms with van der Waals surface area (Å²) in [6.07, 6.45) is -3.10. The van der Waals surface area contributed by atoms with Gasteiger partial charge in [-0.15, -0.1) is 0 Å². The molecule has 4 rings (SSSR count). The number of rotatable bonds is 4. The number of piperazine rings is 1. The van der Waals surface area contributed by atoms with Crippen LogP contribution in [0.25, 0.3) is 0 Å². The molecule has 0 spiro atoms. The fraction of sp³-hybridized carbons (Fsp3) is 0.474. The van der Waals surface area contributed by atoms with Crippen molar-refractivity contribution in [2.24, 2.45) is 0 Å². The van der Waals surface area contributed by atoms with E-state index in [0.717, 1.165) is 16.4 Å². The minimum atomic E-state index is -4.75. The van der Waals surface area contributed by atoms with Gasteiger partial charge in [-0.3, -0.25) is 0 Å². The predicted octanol–water partition coefficient (Wildman–Crippen LogP) is 1.84. The van der Waals surface area contributed by atoms with Gasteiger partial charge in [0.2, 0.25) is 16.0 Å². The molecule has 0 amide bonds. The van der Waals surface area contributed by atoms with Crippen LogP contribution in [0.5, 0.6) is 0 Å².